The first-order valence-corrected chi connectivity index (χ1v) is 5.14. The Bertz CT molecular complexity index is 553. The highest BCUT2D eigenvalue weighted by Gasteiger charge is 2.14. The van der Waals surface area contributed by atoms with Crippen LogP contribution in [0.4, 0.5) is 5.69 Å². The summed E-state index contributed by atoms with van der Waals surface area (Å²) in [6, 6.07) is 9.93. The monoisotopic (exact) mass is 233 g/mol. The summed E-state index contributed by atoms with van der Waals surface area (Å²) in [5.41, 5.74) is 0.0527. The molecule has 5 heteroatoms. The number of aliphatic hydroxyl groups excluding tert-OH is 1. The molecule has 0 aliphatic heterocycles. The second-order valence-electron chi connectivity index (χ2n) is 3.46. The van der Waals surface area contributed by atoms with Gasteiger partial charge in [-0.3, -0.25) is 10.1 Å². The summed E-state index contributed by atoms with van der Waals surface area (Å²) in [7, 11) is 0. The lowest BCUT2D eigenvalue weighted by Crippen LogP contribution is -2.02. The van der Waals surface area contributed by atoms with E-state index in [-0.39, 0.29) is 18.9 Å². The van der Waals surface area contributed by atoms with E-state index in [0.717, 1.165) is 0 Å². The molecule has 0 radical (unpaired) electrons. The molecule has 17 heavy (non-hydrogen) atoms. The van der Waals surface area contributed by atoms with Gasteiger partial charge in [-0.05, 0) is 12.1 Å². The van der Waals surface area contributed by atoms with Crippen LogP contribution in [-0.4, -0.2) is 23.2 Å². The Labute approximate surface area is 97.4 Å². The van der Waals surface area contributed by atoms with Crippen LogP contribution in [0.5, 0.6) is 5.75 Å². The lowest BCUT2D eigenvalue weighted by Gasteiger charge is -2.08. The van der Waals surface area contributed by atoms with Gasteiger partial charge in [0.25, 0.3) is 5.69 Å². The lowest BCUT2D eigenvalue weighted by molar-refractivity contribution is -0.383. The molecule has 2 aromatic rings. The molecule has 0 aliphatic carbocycles. The van der Waals surface area contributed by atoms with Crippen LogP contribution in [0.3, 0.4) is 0 Å². The second-order valence-corrected chi connectivity index (χ2v) is 3.46. The van der Waals surface area contributed by atoms with Crippen LogP contribution in [0.25, 0.3) is 10.8 Å². The van der Waals surface area contributed by atoms with Gasteiger partial charge in [-0.1, -0.05) is 18.2 Å². The van der Waals surface area contributed by atoms with Crippen molar-refractivity contribution in [1.82, 2.24) is 0 Å². The number of nitro groups is 1. The first-order valence-electron chi connectivity index (χ1n) is 5.14. The quantitative estimate of drug-likeness (QED) is 0.648. The van der Waals surface area contributed by atoms with E-state index in [1.807, 2.05) is 0 Å². The average Bonchev–Trinajstić information content (AvgIpc) is 2.35. The van der Waals surface area contributed by atoms with E-state index in [0.29, 0.717) is 16.5 Å². The Balaban J connectivity index is 2.58. The highest BCUT2D eigenvalue weighted by Crippen LogP contribution is 2.32. The van der Waals surface area contributed by atoms with E-state index in [4.69, 9.17) is 9.84 Å². The predicted molar refractivity (Wildman–Crippen MR) is 63.2 cm³/mol. The van der Waals surface area contributed by atoms with Crippen LogP contribution in [0, 0.1) is 10.1 Å². The van der Waals surface area contributed by atoms with Crippen molar-refractivity contribution in [3.8, 4) is 5.75 Å². The number of hydrogen-bond acceptors (Lipinski definition) is 4. The van der Waals surface area contributed by atoms with Gasteiger partial charge in [-0.2, -0.15) is 0 Å². The van der Waals surface area contributed by atoms with Crippen molar-refractivity contribution >= 4 is 16.5 Å². The van der Waals surface area contributed by atoms with Gasteiger partial charge in [0, 0.05) is 11.5 Å². The number of hydrogen-bond donors (Lipinski definition) is 1. The van der Waals surface area contributed by atoms with Crippen molar-refractivity contribution in [2.24, 2.45) is 0 Å². The molecule has 0 fully saturated rings. The Morgan fingerprint density at radius 1 is 1.18 bits per heavy atom. The Morgan fingerprint density at radius 3 is 2.53 bits per heavy atom. The molecule has 0 saturated heterocycles. The van der Waals surface area contributed by atoms with Gasteiger partial charge in [0.15, 0.2) is 0 Å². The van der Waals surface area contributed by atoms with Crippen molar-refractivity contribution in [1.29, 1.82) is 0 Å². The third-order valence-electron chi connectivity index (χ3n) is 2.41. The molecule has 0 bridgehead atoms. The minimum Gasteiger partial charge on any atom is -0.491 e. The maximum absolute atomic E-state index is 10.9. The fourth-order valence-corrected chi connectivity index (χ4v) is 1.70. The predicted octanol–water partition coefficient (Wildman–Crippen LogP) is 2.12. The molecule has 0 heterocycles. The highest BCUT2D eigenvalue weighted by molar-refractivity contribution is 5.95. The molecule has 0 atom stereocenters. The van der Waals surface area contributed by atoms with Crippen LogP contribution in [-0.2, 0) is 0 Å². The maximum atomic E-state index is 10.9. The lowest BCUT2D eigenvalue weighted by atomic mass is 10.1. The first-order chi connectivity index (χ1) is 8.24. The van der Waals surface area contributed by atoms with E-state index in [1.165, 1.54) is 6.07 Å². The number of aliphatic hydroxyl groups is 1. The van der Waals surface area contributed by atoms with E-state index in [2.05, 4.69) is 0 Å². The minimum absolute atomic E-state index is 0.0527. The zero-order valence-electron chi connectivity index (χ0n) is 9.00. The van der Waals surface area contributed by atoms with Crippen LogP contribution in [0.15, 0.2) is 36.4 Å². The van der Waals surface area contributed by atoms with Crippen LogP contribution >= 0.6 is 0 Å². The second kappa shape index (κ2) is 4.80. The van der Waals surface area contributed by atoms with Crippen molar-refractivity contribution in [3.63, 3.8) is 0 Å². The van der Waals surface area contributed by atoms with Gasteiger partial charge in [0.1, 0.15) is 12.4 Å². The van der Waals surface area contributed by atoms with E-state index in [9.17, 15) is 10.1 Å². The maximum Gasteiger partial charge on any atom is 0.277 e. The van der Waals surface area contributed by atoms with Gasteiger partial charge in [-0.15, -0.1) is 0 Å². The molecule has 88 valence electrons. The molecule has 5 nitrogen and oxygen atoms in total. The number of benzene rings is 2. The molecule has 1 N–H and O–H groups in total. The summed E-state index contributed by atoms with van der Waals surface area (Å²) < 4.78 is 5.33. The van der Waals surface area contributed by atoms with Crippen molar-refractivity contribution in [2.45, 2.75) is 0 Å². The zero-order chi connectivity index (χ0) is 12.3. The summed E-state index contributed by atoms with van der Waals surface area (Å²) in [5, 5.41) is 20.8. The van der Waals surface area contributed by atoms with Crippen molar-refractivity contribution in [3.05, 3.63) is 46.5 Å². The molecule has 0 unspecified atom stereocenters. The fourth-order valence-electron chi connectivity index (χ4n) is 1.70. The number of ether oxygens (including phenoxy) is 1. The summed E-state index contributed by atoms with van der Waals surface area (Å²) in [6.45, 7) is 0.0765. The van der Waals surface area contributed by atoms with Gasteiger partial charge in [-0.25, -0.2) is 0 Å². The molecule has 0 saturated carbocycles. The number of nitro benzene ring substituents is 1. The molecule has 0 aliphatic rings. The van der Waals surface area contributed by atoms with Gasteiger partial charge in [0.2, 0.25) is 0 Å². The number of nitrogens with zero attached hydrogens (tertiary/aromatic N) is 1. The van der Waals surface area contributed by atoms with E-state index < -0.39 is 4.92 Å². The van der Waals surface area contributed by atoms with Crippen LogP contribution < -0.4 is 4.74 Å². The summed E-state index contributed by atoms with van der Waals surface area (Å²) in [4.78, 5) is 10.4. The standard InChI is InChI=1S/C12H11NO4/c14-7-8-17-12-6-5-11(13(15)16)9-3-1-2-4-10(9)12/h1-6,14H,7-8H2. The molecule has 0 aromatic heterocycles. The third kappa shape index (κ3) is 2.19. The van der Waals surface area contributed by atoms with Gasteiger partial charge in [0.05, 0.1) is 16.9 Å². The molecule has 0 spiro atoms. The Kier molecular flexibility index (Phi) is 3.20. The zero-order valence-corrected chi connectivity index (χ0v) is 9.00. The molecule has 2 rings (SSSR count). The summed E-state index contributed by atoms with van der Waals surface area (Å²) in [6.07, 6.45) is 0. The van der Waals surface area contributed by atoms with Crippen molar-refractivity contribution < 1.29 is 14.8 Å². The van der Waals surface area contributed by atoms with Gasteiger partial charge < -0.3 is 9.84 Å². The highest BCUT2D eigenvalue weighted by atomic mass is 16.6. The fraction of sp³-hybridized carbons (Fsp3) is 0.167. The smallest absolute Gasteiger partial charge is 0.277 e. The largest absolute Gasteiger partial charge is 0.491 e. The van der Waals surface area contributed by atoms with Crippen LogP contribution in [0.2, 0.25) is 0 Å². The molecule has 2 aromatic carbocycles. The SMILES string of the molecule is O=[N+]([O-])c1ccc(OCCO)c2ccccc12. The topological polar surface area (TPSA) is 72.6 Å². The minimum atomic E-state index is -0.418. The number of non-ortho nitro benzene ring substituents is 1. The van der Waals surface area contributed by atoms with Crippen molar-refractivity contribution in [2.75, 3.05) is 13.2 Å². The average molecular weight is 233 g/mol. The summed E-state index contributed by atoms with van der Waals surface area (Å²) in [5.74, 6) is 0.542. The molecular weight excluding hydrogens is 222 g/mol. The van der Waals surface area contributed by atoms with Gasteiger partial charge >= 0.3 is 0 Å². The molecular formula is C12H11NO4. The summed E-state index contributed by atoms with van der Waals surface area (Å²) >= 11 is 0. The van der Waals surface area contributed by atoms with Crippen LogP contribution in [0.1, 0.15) is 0 Å². The Morgan fingerprint density at radius 2 is 1.88 bits per heavy atom. The Hall–Kier alpha value is -2.14. The molecule has 0 amide bonds. The normalized spacial score (nSPS) is 10.4. The number of fused-ring (bicyclic) bond motifs is 1. The van der Waals surface area contributed by atoms with E-state index in [1.54, 1.807) is 30.3 Å². The number of rotatable bonds is 4. The third-order valence-corrected chi connectivity index (χ3v) is 2.41. The first kappa shape index (κ1) is 11.3. The van der Waals surface area contributed by atoms with E-state index >= 15 is 0 Å².